The molecular weight excluding hydrogens is 288 g/mol. The van der Waals surface area contributed by atoms with Crippen molar-refractivity contribution in [3.63, 3.8) is 0 Å². The highest BCUT2D eigenvalue weighted by Crippen LogP contribution is 2.27. The van der Waals surface area contributed by atoms with Crippen LogP contribution >= 0.6 is 0 Å². The van der Waals surface area contributed by atoms with Crippen LogP contribution in [0.5, 0.6) is 0 Å². The van der Waals surface area contributed by atoms with Crippen molar-refractivity contribution in [3.8, 4) is 0 Å². The number of hydrogen-bond acceptors (Lipinski definition) is 5. The van der Waals surface area contributed by atoms with Crippen LogP contribution in [-0.2, 0) is 15.5 Å². The molecule has 0 spiro atoms. The molecule has 0 bridgehead atoms. The first kappa shape index (κ1) is 25.9. The van der Waals surface area contributed by atoms with E-state index in [2.05, 4.69) is 5.73 Å². The van der Waals surface area contributed by atoms with Gasteiger partial charge in [-0.15, -0.1) is 0 Å². The predicted octanol–water partition coefficient (Wildman–Crippen LogP) is 1.64. The molecule has 1 fully saturated rings. The van der Waals surface area contributed by atoms with E-state index in [-0.39, 0.29) is 12.6 Å². The molecule has 1 aliphatic carbocycles. The van der Waals surface area contributed by atoms with E-state index < -0.39 is 16.4 Å². The lowest BCUT2D eigenvalue weighted by atomic mass is 9.81. The topological polar surface area (TPSA) is 98.6 Å². The van der Waals surface area contributed by atoms with Gasteiger partial charge in [0.1, 0.15) is 5.60 Å². The third-order valence-electron chi connectivity index (χ3n) is 2.93. The maximum absolute atomic E-state index is 10.8. The fraction of sp³-hybridized carbons (Fsp3) is 1.00. The molecule has 0 saturated heterocycles. The maximum Gasteiger partial charge on any atom is 0.103 e. The number of nitrogens with two attached hydrogens (primary N) is 2. The van der Waals surface area contributed by atoms with E-state index >= 15 is 0 Å². The second kappa shape index (κ2) is 18.0. The summed E-state index contributed by atoms with van der Waals surface area (Å²) in [4.78, 5) is 0. The normalized spacial score (nSPS) is 25.1. The van der Waals surface area contributed by atoms with Gasteiger partial charge in [0, 0.05) is 28.9 Å². The summed E-state index contributed by atoms with van der Waals surface area (Å²) in [6, 6.07) is -0.182. The molecule has 0 amide bonds. The first-order chi connectivity index (χ1) is 10.0. The molecule has 3 unspecified atom stereocenters. The zero-order valence-electron chi connectivity index (χ0n) is 14.9. The Hall–Kier alpha value is -0.0100. The van der Waals surface area contributed by atoms with E-state index in [9.17, 15) is 9.32 Å². The minimum atomic E-state index is -0.868. The minimum Gasteiger partial charge on any atom is -0.386 e. The smallest absolute Gasteiger partial charge is 0.103 e. The average Bonchev–Trinajstić information content (AvgIpc) is 2.53. The molecule has 0 aromatic carbocycles. The molecule has 1 saturated carbocycles. The van der Waals surface area contributed by atoms with Crippen LogP contribution in [0, 0.1) is 0 Å². The van der Waals surface area contributed by atoms with Gasteiger partial charge in [0.2, 0.25) is 0 Å². The SMILES string of the molecule is CC.CC.CN.CS(=O)CCOCC1(O)CCCCC1N. The summed E-state index contributed by atoms with van der Waals surface area (Å²) in [6.45, 7) is 8.70. The summed E-state index contributed by atoms with van der Waals surface area (Å²) in [6.07, 6.45) is 5.31. The second-order valence-electron chi connectivity index (χ2n) is 4.29. The van der Waals surface area contributed by atoms with Crippen molar-refractivity contribution < 1.29 is 14.1 Å². The van der Waals surface area contributed by atoms with Crippen LogP contribution in [-0.4, -0.2) is 53.2 Å². The Morgan fingerprint density at radius 3 is 2.19 bits per heavy atom. The average molecular weight is 327 g/mol. The van der Waals surface area contributed by atoms with Crippen LogP contribution in [0.1, 0.15) is 53.4 Å². The van der Waals surface area contributed by atoms with Gasteiger partial charge in [-0.25, -0.2) is 0 Å². The Kier molecular flexibility index (Phi) is 22.3. The Morgan fingerprint density at radius 2 is 1.76 bits per heavy atom. The summed E-state index contributed by atoms with van der Waals surface area (Å²) in [7, 11) is 0.668. The van der Waals surface area contributed by atoms with Crippen molar-refractivity contribution in [2.45, 2.75) is 65.0 Å². The number of hydrogen-bond donors (Lipinski definition) is 3. The molecular formula is C15H38N2O3S. The van der Waals surface area contributed by atoms with E-state index in [0.717, 1.165) is 19.3 Å². The molecule has 0 aliphatic heterocycles. The second-order valence-corrected chi connectivity index (χ2v) is 5.84. The maximum atomic E-state index is 10.8. The number of rotatable bonds is 5. The summed E-state index contributed by atoms with van der Waals surface area (Å²) >= 11 is 0. The summed E-state index contributed by atoms with van der Waals surface area (Å²) in [5, 5.41) is 10.2. The molecule has 21 heavy (non-hydrogen) atoms. The van der Waals surface area contributed by atoms with Gasteiger partial charge < -0.3 is 21.3 Å². The van der Waals surface area contributed by atoms with Crippen molar-refractivity contribution >= 4 is 10.8 Å². The van der Waals surface area contributed by atoms with Crippen LogP contribution in [0.4, 0.5) is 0 Å². The largest absolute Gasteiger partial charge is 0.386 e. The highest BCUT2D eigenvalue weighted by molar-refractivity contribution is 7.84. The van der Waals surface area contributed by atoms with Crippen molar-refractivity contribution in [1.29, 1.82) is 0 Å². The number of aliphatic hydroxyl groups is 1. The van der Waals surface area contributed by atoms with Gasteiger partial charge in [0.25, 0.3) is 0 Å². The van der Waals surface area contributed by atoms with Crippen molar-refractivity contribution in [2.24, 2.45) is 11.5 Å². The minimum absolute atomic E-state index is 0.182. The van der Waals surface area contributed by atoms with Crippen molar-refractivity contribution in [1.82, 2.24) is 0 Å². The predicted molar refractivity (Wildman–Crippen MR) is 94.0 cm³/mol. The van der Waals surface area contributed by atoms with Gasteiger partial charge in [-0.05, 0) is 19.9 Å². The number of ether oxygens (including phenoxy) is 1. The van der Waals surface area contributed by atoms with Crippen LogP contribution in [0.2, 0.25) is 0 Å². The molecule has 1 rings (SSSR count). The molecule has 132 valence electrons. The molecule has 0 aromatic rings. The highest BCUT2D eigenvalue weighted by atomic mass is 32.2. The summed E-state index contributed by atoms with van der Waals surface area (Å²) in [5.41, 5.74) is 9.50. The molecule has 6 heteroatoms. The monoisotopic (exact) mass is 326 g/mol. The van der Waals surface area contributed by atoms with E-state index in [1.165, 1.54) is 7.05 Å². The molecule has 1 aliphatic rings. The fourth-order valence-electron chi connectivity index (χ4n) is 1.85. The van der Waals surface area contributed by atoms with Crippen LogP contribution in [0.25, 0.3) is 0 Å². The Morgan fingerprint density at radius 1 is 1.24 bits per heavy atom. The lowest BCUT2D eigenvalue weighted by molar-refractivity contribution is -0.0776. The van der Waals surface area contributed by atoms with Gasteiger partial charge in [0.05, 0.1) is 13.2 Å². The Balaban J connectivity index is -0.000000478. The standard InChI is InChI=1S/C10H21NO3S.2C2H6.CH5N/c1-15(13)7-6-14-8-10(12)5-3-2-4-9(10)11;3*1-2/h9,12H,2-8,11H2,1H3;2*1-2H3;2H2,1H3. The van der Waals surface area contributed by atoms with Crippen LogP contribution in [0.15, 0.2) is 0 Å². The molecule has 0 aromatic heterocycles. The van der Waals surface area contributed by atoms with E-state index in [4.69, 9.17) is 10.5 Å². The first-order valence-electron chi connectivity index (χ1n) is 7.98. The van der Waals surface area contributed by atoms with Gasteiger partial charge in [0.15, 0.2) is 0 Å². The van der Waals surface area contributed by atoms with Gasteiger partial charge >= 0.3 is 0 Å². The third kappa shape index (κ3) is 13.4. The Labute approximate surface area is 134 Å². The van der Waals surface area contributed by atoms with Gasteiger partial charge in [-0.1, -0.05) is 40.5 Å². The zero-order chi connectivity index (χ0) is 17.3. The van der Waals surface area contributed by atoms with Crippen molar-refractivity contribution in [3.05, 3.63) is 0 Å². The molecule has 5 nitrogen and oxygen atoms in total. The summed E-state index contributed by atoms with van der Waals surface area (Å²) < 4.78 is 16.1. The third-order valence-corrected chi connectivity index (χ3v) is 3.67. The van der Waals surface area contributed by atoms with Gasteiger partial charge in [-0.3, -0.25) is 4.21 Å². The first-order valence-corrected chi connectivity index (χ1v) is 9.71. The lowest BCUT2D eigenvalue weighted by Gasteiger charge is -2.37. The molecule has 0 heterocycles. The summed E-state index contributed by atoms with van der Waals surface area (Å²) in [5.74, 6) is 0.519. The van der Waals surface area contributed by atoms with E-state index in [0.29, 0.717) is 18.8 Å². The van der Waals surface area contributed by atoms with Crippen molar-refractivity contribution in [2.75, 3.05) is 32.3 Å². The van der Waals surface area contributed by atoms with E-state index in [1.807, 2.05) is 27.7 Å². The molecule has 0 radical (unpaired) electrons. The fourth-order valence-corrected chi connectivity index (χ4v) is 2.21. The van der Waals surface area contributed by atoms with Crippen LogP contribution in [0.3, 0.4) is 0 Å². The lowest BCUT2D eigenvalue weighted by Crippen LogP contribution is -2.53. The van der Waals surface area contributed by atoms with Crippen LogP contribution < -0.4 is 11.5 Å². The molecule has 3 atom stereocenters. The van der Waals surface area contributed by atoms with Gasteiger partial charge in [-0.2, -0.15) is 0 Å². The van der Waals surface area contributed by atoms with E-state index in [1.54, 1.807) is 6.26 Å². The highest BCUT2D eigenvalue weighted by Gasteiger charge is 2.36. The molecule has 5 N–H and O–H groups in total. The quantitative estimate of drug-likeness (QED) is 0.667. The Bertz CT molecular complexity index is 231. The zero-order valence-corrected chi connectivity index (χ0v) is 15.7.